The number of aryl methyl sites for hydroxylation is 1. The smallest absolute Gasteiger partial charge is 0.303 e. The maximum atomic E-state index is 10.3. The molecule has 4 nitrogen and oxygen atoms in total. The normalized spacial score (nSPS) is 10.2. The van der Waals surface area contributed by atoms with E-state index < -0.39 is 5.97 Å². The van der Waals surface area contributed by atoms with Gasteiger partial charge in [-0.2, -0.15) is 0 Å². The molecule has 1 rings (SSSR count). The molecular weight excluding hydrogens is 208 g/mol. The molecule has 0 atom stereocenters. The highest BCUT2D eigenvalue weighted by molar-refractivity contribution is 5.66. The SMILES string of the molecule is O=C(O)CCCCCc1ccc(O)cc1O. The molecular formula is C12H16O4. The van der Waals surface area contributed by atoms with Crippen LogP contribution in [0.25, 0.3) is 0 Å². The zero-order valence-corrected chi connectivity index (χ0v) is 9.02. The predicted octanol–water partition coefficient (Wildman–Crippen LogP) is 2.29. The van der Waals surface area contributed by atoms with Gasteiger partial charge in [-0.3, -0.25) is 4.79 Å². The van der Waals surface area contributed by atoms with E-state index in [1.807, 2.05) is 0 Å². The molecule has 0 aliphatic heterocycles. The second-order valence-electron chi connectivity index (χ2n) is 3.77. The molecule has 0 saturated heterocycles. The number of aliphatic carboxylic acids is 1. The average Bonchev–Trinajstić information content (AvgIpc) is 2.20. The van der Waals surface area contributed by atoms with Gasteiger partial charge in [-0.25, -0.2) is 0 Å². The third-order valence-corrected chi connectivity index (χ3v) is 2.41. The Balaban J connectivity index is 2.29. The number of carboxylic acid groups (broad SMARTS) is 1. The quantitative estimate of drug-likeness (QED) is 0.648. The molecule has 0 radical (unpaired) electrons. The van der Waals surface area contributed by atoms with Gasteiger partial charge in [-0.15, -0.1) is 0 Å². The maximum absolute atomic E-state index is 10.3. The highest BCUT2D eigenvalue weighted by atomic mass is 16.4. The van der Waals surface area contributed by atoms with Crippen molar-refractivity contribution in [2.75, 3.05) is 0 Å². The fraction of sp³-hybridized carbons (Fsp3) is 0.417. The van der Waals surface area contributed by atoms with E-state index in [0.717, 1.165) is 18.4 Å². The lowest BCUT2D eigenvalue weighted by Crippen LogP contribution is -1.94. The fourth-order valence-corrected chi connectivity index (χ4v) is 1.53. The molecule has 1 aromatic carbocycles. The van der Waals surface area contributed by atoms with Crippen LogP contribution in [0.5, 0.6) is 11.5 Å². The number of hydrogen-bond acceptors (Lipinski definition) is 3. The molecule has 0 fully saturated rings. The Morgan fingerprint density at radius 1 is 1.12 bits per heavy atom. The van der Waals surface area contributed by atoms with Gasteiger partial charge in [-0.1, -0.05) is 12.5 Å². The third-order valence-electron chi connectivity index (χ3n) is 2.41. The summed E-state index contributed by atoms with van der Waals surface area (Å²) >= 11 is 0. The van der Waals surface area contributed by atoms with E-state index >= 15 is 0 Å². The summed E-state index contributed by atoms with van der Waals surface area (Å²) in [6.07, 6.45) is 3.22. The van der Waals surface area contributed by atoms with Gasteiger partial charge >= 0.3 is 5.97 Å². The van der Waals surface area contributed by atoms with Gasteiger partial charge in [0.25, 0.3) is 0 Å². The van der Waals surface area contributed by atoms with Crippen LogP contribution in [0.2, 0.25) is 0 Å². The number of hydrogen-bond donors (Lipinski definition) is 3. The van der Waals surface area contributed by atoms with E-state index in [1.54, 1.807) is 6.07 Å². The minimum absolute atomic E-state index is 0.0483. The summed E-state index contributed by atoms with van der Waals surface area (Å²) in [6.45, 7) is 0. The summed E-state index contributed by atoms with van der Waals surface area (Å²) in [5.74, 6) is -0.627. The van der Waals surface area contributed by atoms with Crippen LogP contribution in [0.1, 0.15) is 31.2 Å². The lowest BCUT2D eigenvalue weighted by molar-refractivity contribution is -0.137. The summed E-state index contributed by atoms with van der Waals surface area (Å²) in [5.41, 5.74) is 0.785. The Hall–Kier alpha value is -1.71. The number of benzene rings is 1. The van der Waals surface area contributed by atoms with Gasteiger partial charge in [0.1, 0.15) is 11.5 Å². The van der Waals surface area contributed by atoms with Gasteiger partial charge in [0, 0.05) is 12.5 Å². The molecule has 0 amide bonds. The van der Waals surface area contributed by atoms with Crippen LogP contribution in [0.3, 0.4) is 0 Å². The highest BCUT2D eigenvalue weighted by Crippen LogP contribution is 2.24. The van der Waals surface area contributed by atoms with Gasteiger partial charge < -0.3 is 15.3 Å². The molecule has 0 aromatic heterocycles. The molecule has 0 spiro atoms. The van der Waals surface area contributed by atoms with E-state index in [9.17, 15) is 9.90 Å². The van der Waals surface area contributed by atoms with Gasteiger partial charge in [0.2, 0.25) is 0 Å². The number of phenolic OH excluding ortho intramolecular Hbond substituents is 2. The summed E-state index contributed by atoms with van der Waals surface area (Å²) in [5, 5.41) is 27.0. The number of unbranched alkanes of at least 4 members (excludes halogenated alkanes) is 2. The first-order valence-corrected chi connectivity index (χ1v) is 5.32. The van der Waals surface area contributed by atoms with Crippen molar-refractivity contribution in [1.82, 2.24) is 0 Å². The number of rotatable bonds is 6. The van der Waals surface area contributed by atoms with Crippen molar-refractivity contribution >= 4 is 5.97 Å². The molecule has 0 saturated carbocycles. The standard InChI is InChI=1S/C12H16O4/c13-10-7-6-9(11(14)8-10)4-2-1-3-5-12(15)16/h6-8,13-14H,1-5H2,(H,15,16). The highest BCUT2D eigenvalue weighted by Gasteiger charge is 2.02. The molecule has 1 aromatic rings. The summed E-state index contributed by atoms with van der Waals surface area (Å²) in [4.78, 5) is 10.3. The Morgan fingerprint density at radius 2 is 1.88 bits per heavy atom. The molecule has 0 unspecified atom stereocenters. The predicted molar refractivity (Wildman–Crippen MR) is 59.6 cm³/mol. The largest absolute Gasteiger partial charge is 0.508 e. The molecule has 16 heavy (non-hydrogen) atoms. The molecule has 0 bridgehead atoms. The van der Waals surface area contributed by atoms with E-state index in [1.165, 1.54) is 12.1 Å². The lowest BCUT2D eigenvalue weighted by atomic mass is 10.1. The van der Waals surface area contributed by atoms with E-state index in [-0.39, 0.29) is 17.9 Å². The van der Waals surface area contributed by atoms with Crippen molar-refractivity contribution < 1.29 is 20.1 Å². The van der Waals surface area contributed by atoms with Crippen molar-refractivity contribution in [1.29, 1.82) is 0 Å². The number of aromatic hydroxyl groups is 2. The molecule has 0 aliphatic carbocycles. The monoisotopic (exact) mass is 224 g/mol. The third kappa shape index (κ3) is 4.21. The second-order valence-corrected chi connectivity index (χ2v) is 3.77. The first-order chi connectivity index (χ1) is 7.59. The maximum Gasteiger partial charge on any atom is 0.303 e. The zero-order chi connectivity index (χ0) is 12.0. The van der Waals surface area contributed by atoms with Gasteiger partial charge in [-0.05, 0) is 30.9 Å². The van der Waals surface area contributed by atoms with Crippen molar-refractivity contribution in [2.45, 2.75) is 32.1 Å². The van der Waals surface area contributed by atoms with Gasteiger partial charge in [0.15, 0.2) is 0 Å². The Labute approximate surface area is 94.2 Å². The zero-order valence-electron chi connectivity index (χ0n) is 9.02. The Morgan fingerprint density at radius 3 is 2.50 bits per heavy atom. The molecule has 4 heteroatoms. The topological polar surface area (TPSA) is 77.8 Å². The summed E-state index contributed by atoms with van der Waals surface area (Å²) < 4.78 is 0. The second kappa shape index (κ2) is 6.00. The average molecular weight is 224 g/mol. The number of carboxylic acids is 1. The van der Waals surface area contributed by atoms with Crippen LogP contribution in [0, 0.1) is 0 Å². The molecule has 0 heterocycles. The lowest BCUT2D eigenvalue weighted by Gasteiger charge is -2.04. The Kier molecular flexibility index (Phi) is 4.64. The summed E-state index contributed by atoms with van der Waals surface area (Å²) in [6, 6.07) is 4.53. The van der Waals surface area contributed by atoms with Crippen molar-refractivity contribution in [3.63, 3.8) is 0 Å². The fourth-order valence-electron chi connectivity index (χ4n) is 1.53. The van der Waals surface area contributed by atoms with E-state index in [0.29, 0.717) is 12.8 Å². The van der Waals surface area contributed by atoms with Crippen LogP contribution in [-0.2, 0) is 11.2 Å². The van der Waals surface area contributed by atoms with Crippen LogP contribution in [0.15, 0.2) is 18.2 Å². The molecule has 3 N–H and O–H groups in total. The minimum atomic E-state index is -0.771. The molecule has 88 valence electrons. The van der Waals surface area contributed by atoms with Crippen LogP contribution in [0.4, 0.5) is 0 Å². The van der Waals surface area contributed by atoms with Crippen molar-refractivity contribution in [2.24, 2.45) is 0 Å². The van der Waals surface area contributed by atoms with Crippen molar-refractivity contribution in [3.8, 4) is 11.5 Å². The van der Waals surface area contributed by atoms with E-state index in [2.05, 4.69) is 0 Å². The van der Waals surface area contributed by atoms with Crippen LogP contribution < -0.4 is 0 Å². The molecule has 0 aliphatic rings. The minimum Gasteiger partial charge on any atom is -0.508 e. The van der Waals surface area contributed by atoms with Crippen LogP contribution in [-0.4, -0.2) is 21.3 Å². The Bertz CT molecular complexity index is 360. The number of phenols is 2. The number of carbonyl (C=O) groups is 1. The van der Waals surface area contributed by atoms with Crippen LogP contribution >= 0.6 is 0 Å². The first-order valence-electron chi connectivity index (χ1n) is 5.32. The van der Waals surface area contributed by atoms with Gasteiger partial charge in [0.05, 0.1) is 0 Å². The summed E-state index contributed by atoms with van der Waals surface area (Å²) in [7, 11) is 0. The van der Waals surface area contributed by atoms with E-state index in [4.69, 9.17) is 10.2 Å². The first kappa shape index (κ1) is 12.4. The van der Waals surface area contributed by atoms with Crippen molar-refractivity contribution in [3.05, 3.63) is 23.8 Å².